The molecule has 0 spiro atoms. The van der Waals surface area contributed by atoms with E-state index in [1.165, 1.54) is 0 Å². The normalized spacial score (nSPS) is 9.94. The smallest absolute Gasteiger partial charge is 0.341 e. The second-order valence-electron chi connectivity index (χ2n) is 3.66. The Morgan fingerprint density at radius 2 is 1.83 bits per heavy atom. The van der Waals surface area contributed by atoms with Gasteiger partial charge in [0.05, 0.1) is 19.8 Å². The van der Waals surface area contributed by atoms with Crippen molar-refractivity contribution in [3.05, 3.63) is 23.8 Å². The average molecular weight is 252 g/mol. The van der Waals surface area contributed by atoms with Gasteiger partial charge in [-0.05, 0) is 32.4 Å². The van der Waals surface area contributed by atoms with E-state index >= 15 is 0 Å². The van der Waals surface area contributed by atoms with Gasteiger partial charge in [0.1, 0.15) is 17.1 Å². The van der Waals surface area contributed by atoms with Crippen molar-refractivity contribution in [2.75, 3.05) is 19.8 Å². The largest absolute Gasteiger partial charge is 0.494 e. The molecule has 0 aromatic heterocycles. The number of hydrogen-bond donors (Lipinski definition) is 0. The van der Waals surface area contributed by atoms with E-state index in [-0.39, 0.29) is 5.97 Å². The van der Waals surface area contributed by atoms with Crippen LogP contribution in [0.2, 0.25) is 0 Å². The van der Waals surface area contributed by atoms with Crippen molar-refractivity contribution in [3.63, 3.8) is 0 Å². The van der Waals surface area contributed by atoms with Gasteiger partial charge in [-0.3, -0.25) is 0 Å². The van der Waals surface area contributed by atoms with Gasteiger partial charge in [-0.2, -0.15) is 0 Å². The van der Waals surface area contributed by atoms with Gasteiger partial charge < -0.3 is 14.2 Å². The van der Waals surface area contributed by atoms with Gasteiger partial charge >= 0.3 is 5.97 Å². The predicted molar refractivity (Wildman–Crippen MR) is 69.4 cm³/mol. The van der Waals surface area contributed by atoms with Gasteiger partial charge in [-0.25, -0.2) is 4.79 Å². The molecule has 18 heavy (non-hydrogen) atoms. The van der Waals surface area contributed by atoms with E-state index in [4.69, 9.17) is 14.2 Å². The van der Waals surface area contributed by atoms with Crippen LogP contribution in [0.1, 0.15) is 37.6 Å². The van der Waals surface area contributed by atoms with Crippen molar-refractivity contribution in [3.8, 4) is 11.5 Å². The van der Waals surface area contributed by atoms with Crippen molar-refractivity contribution in [2.24, 2.45) is 0 Å². The van der Waals surface area contributed by atoms with E-state index in [2.05, 4.69) is 0 Å². The Kier molecular flexibility index (Phi) is 6.05. The first kappa shape index (κ1) is 14.4. The van der Waals surface area contributed by atoms with Crippen LogP contribution >= 0.6 is 0 Å². The van der Waals surface area contributed by atoms with Crippen molar-refractivity contribution in [2.45, 2.75) is 27.2 Å². The van der Waals surface area contributed by atoms with Gasteiger partial charge in [-0.15, -0.1) is 0 Å². The topological polar surface area (TPSA) is 44.8 Å². The van der Waals surface area contributed by atoms with Crippen LogP contribution in [0, 0.1) is 0 Å². The van der Waals surface area contributed by atoms with Gasteiger partial charge in [-0.1, -0.05) is 6.92 Å². The Labute approximate surface area is 108 Å². The molecule has 0 radical (unpaired) electrons. The lowest BCUT2D eigenvalue weighted by atomic mass is 10.2. The van der Waals surface area contributed by atoms with Gasteiger partial charge in [0.2, 0.25) is 0 Å². The molecule has 4 heteroatoms. The third-order valence-corrected chi connectivity index (χ3v) is 2.22. The molecule has 4 nitrogen and oxygen atoms in total. The minimum absolute atomic E-state index is 0.358. The quantitative estimate of drug-likeness (QED) is 0.700. The van der Waals surface area contributed by atoms with Crippen LogP contribution in [0.3, 0.4) is 0 Å². The van der Waals surface area contributed by atoms with E-state index in [1.54, 1.807) is 18.2 Å². The number of hydrogen-bond acceptors (Lipinski definition) is 4. The lowest BCUT2D eigenvalue weighted by molar-refractivity contribution is 0.0500. The van der Waals surface area contributed by atoms with Crippen LogP contribution in [0.5, 0.6) is 11.5 Å². The third-order valence-electron chi connectivity index (χ3n) is 2.22. The fourth-order valence-electron chi connectivity index (χ4n) is 1.48. The van der Waals surface area contributed by atoms with Crippen LogP contribution in [-0.2, 0) is 4.74 Å². The number of rotatable bonds is 7. The van der Waals surface area contributed by atoms with Crippen molar-refractivity contribution < 1.29 is 19.0 Å². The summed E-state index contributed by atoms with van der Waals surface area (Å²) in [6, 6.07) is 5.14. The molecule has 1 rings (SSSR count). The molecule has 1 aromatic rings. The summed E-state index contributed by atoms with van der Waals surface area (Å²) in [6.45, 7) is 7.21. The number of carbonyl (C=O) groups excluding carboxylic acids is 1. The zero-order chi connectivity index (χ0) is 13.4. The highest BCUT2D eigenvalue weighted by molar-refractivity contribution is 5.92. The first-order chi connectivity index (χ1) is 8.72. The molecule has 0 unspecified atom stereocenters. The summed E-state index contributed by atoms with van der Waals surface area (Å²) >= 11 is 0. The minimum atomic E-state index is -0.358. The maximum Gasteiger partial charge on any atom is 0.341 e. The van der Waals surface area contributed by atoms with Crippen LogP contribution in [0.25, 0.3) is 0 Å². The molecule has 0 aliphatic carbocycles. The van der Waals surface area contributed by atoms with Crippen molar-refractivity contribution >= 4 is 5.97 Å². The Morgan fingerprint density at radius 1 is 1.11 bits per heavy atom. The summed E-state index contributed by atoms with van der Waals surface area (Å²) in [4.78, 5) is 11.8. The van der Waals surface area contributed by atoms with Crippen LogP contribution in [-0.4, -0.2) is 25.8 Å². The van der Waals surface area contributed by atoms with E-state index in [1.807, 2.05) is 20.8 Å². The number of esters is 1. The average Bonchev–Trinajstić information content (AvgIpc) is 2.37. The molecule has 0 saturated heterocycles. The zero-order valence-corrected chi connectivity index (χ0v) is 11.2. The summed E-state index contributed by atoms with van der Waals surface area (Å²) in [5.41, 5.74) is 0.439. The predicted octanol–water partition coefficient (Wildman–Crippen LogP) is 3.05. The highest BCUT2D eigenvalue weighted by Gasteiger charge is 2.14. The summed E-state index contributed by atoms with van der Waals surface area (Å²) in [5.74, 6) is 0.834. The van der Waals surface area contributed by atoms with Crippen LogP contribution in [0.15, 0.2) is 18.2 Å². The Balaban J connectivity index is 2.91. The molecular weight excluding hydrogens is 232 g/mol. The molecule has 0 aliphatic rings. The van der Waals surface area contributed by atoms with Gasteiger partial charge in [0.25, 0.3) is 0 Å². The Morgan fingerprint density at radius 3 is 2.44 bits per heavy atom. The number of ether oxygens (including phenoxy) is 3. The van der Waals surface area contributed by atoms with E-state index in [9.17, 15) is 4.79 Å². The Bertz CT molecular complexity index is 387. The zero-order valence-electron chi connectivity index (χ0n) is 11.2. The van der Waals surface area contributed by atoms with Crippen LogP contribution in [0.4, 0.5) is 0 Å². The standard InChI is InChI=1S/C14H20O4/c1-4-9-18-14(15)12-8-7-11(16-5-2)10-13(12)17-6-3/h7-8,10H,4-6,9H2,1-3H3. The molecule has 0 atom stereocenters. The van der Waals surface area contributed by atoms with Crippen molar-refractivity contribution in [1.82, 2.24) is 0 Å². The maximum absolute atomic E-state index is 11.8. The van der Waals surface area contributed by atoms with Crippen LogP contribution < -0.4 is 9.47 Å². The summed E-state index contributed by atoms with van der Waals surface area (Å²) in [7, 11) is 0. The van der Waals surface area contributed by atoms with E-state index < -0.39 is 0 Å². The van der Waals surface area contributed by atoms with E-state index in [0.29, 0.717) is 36.9 Å². The lowest BCUT2D eigenvalue weighted by Gasteiger charge is -2.11. The number of carbonyl (C=O) groups is 1. The van der Waals surface area contributed by atoms with Gasteiger partial charge in [0, 0.05) is 6.07 Å². The molecule has 0 saturated carbocycles. The molecular formula is C14H20O4. The molecule has 0 bridgehead atoms. The molecule has 0 fully saturated rings. The fraction of sp³-hybridized carbons (Fsp3) is 0.500. The third kappa shape index (κ3) is 3.95. The SMILES string of the molecule is CCCOC(=O)c1ccc(OCC)cc1OCC. The second kappa shape index (κ2) is 7.58. The Hall–Kier alpha value is -1.71. The monoisotopic (exact) mass is 252 g/mol. The van der Waals surface area contributed by atoms with E-state index in [0.717, 1.165) is 6.42 Å². The molecule has 0 heterocycles. The highest BCUT2D eigenvalue weighted by atomic mass is 16.5. The van der Waals surface area contributed by atoms with Crippen molar-refractivity contribution in [1.29, 1.82) is 0 Å². The summed E-state index contributed by atoms with van der Waals surface area (Å²) < 4.78 is 15.9. The molecule has 0 N–H and O–H groups in total. The van der Waals surface area contributed by atoms with Gasteiger partial charge in [0.15, 0.2) is 0 Å². The molecule has 100 valence electrons. The second-order valence-corrected chi connectivity index (χ2v) is 3.66. The maximum atomic E-state index is 11.8. The molecule has 0 amide bonds. The minimum Gasteiger partial charge on any atom is -0.494 e. The first-order valence-electron chi connectivity index (χ1n) is 6.29. The fourth-order valence-corrected chi connectivity index (χ4v) is 1.48. The summed E-state index contributed by atoms with van der Waals surface area (Å²) in [6.07, 6.45) is 0.798. The first-order valence-corrected chi connectivity index (χ1v) is 6.29. The highest BCUT2D eigenvalue weighted by Crippen LogP contribution is 2.25. The molecule has 0 aliphatic heterocycles. The molecule has 1 aromatic carbocycles. The number of benzene rings is 1. The summed E-state index contributed by atoms with van der Waals surface area (Å²) in [5, 5.41) is 0. The lowest BCUT2D eigenvalue weighted by Crippen LogP contribution is -2.09.